The molecule has 0 aromatic carbocycles. The van der Waals surface area contributed by atoms with Crippen LogP contribution >= 0.6 is 0 Å². The largest absolute Gasteiger partial charge is 0.387 e. The Bertz CT molecular complexity index is 460. The Kier molecular flexibility index (Phi) is 3.75. The molecule has 1 amide bonds. The first-order chi connectivity index (χ1) is 8.96. The number of anilines is 1. The van der Waals surface area contributed by atoms with Crippen molar-refractivity contribution in [3.63, 3.8) is 0 Å². The summed E-state index contributed by atoms with van der Waals surface area (Å²) in [5.41, 5.74) is 6.64. The van der Waals surface area contributed by atoms with Crippen molar-refractivity contribution in [1.29, 1.82) is 0 Å². The van der Waals surface area contributed by atoms with Crippen LogP contribution in [-0.4, -0.2) is 29.1 Å². The first-order valence-corrected chi connectivity index (χ1v) is 6.65. The fourth-order valence-electron chi connectivity index (χ4n) is 2.37. The highest BCUT2D eigenvalue weighted by molar-refractivity contribution is 5.82. The molecule has 19 heavy (non-hydrogen) atoms. The summed E-state index contributed by atoms with van der Waals surface area (Å²) in [4.78, 5) is 17.8. The minimum atomic E-state index is -0.511. The maximum Gasteiger partial charge on any atom is 0.225 e. The Morgan fingerprint density at radius 2 is 2.37 bits per heavy atom. The zero-order valence-electron chi connectivity index (χ0n) is 11.5. The number of nitrogens with zero attached hydrogens (tertiary/aromatic N) is 2. The van der Waals surface area contributed by atoms with E-state index in [1.807, 2.05) is 26.0 Å². The number of rotatable bonds is 4. The highest BCUT2D eigenvalue weighted by Crippen LogP contribution is 2.32. The molecule has 2 unspecified atom stereocenters. The second-order valence-electron chi connectivity index (χ2n) is 5.46. The molecule has 1 aromatic rings. The fourth-order valence-corrected chi connectivity index (χ4v) is 2.37. The number of aliphatic hydroxyl groups excluding tert-OH is 1. The van der Waals surface area contributed by atoms with Crippen molar-refractivity contribution in [2.24, 2.45) is 11.1 Å². The number of nitrogens with two attached hydrogens (primary N) is 1. The van der Waals surface area contributed by atoms with E-state index >= 15 is 0 Å². The van der Waals surface area contributed by atoms with E-state index in [1.165, 1.54) is 0 Å². The van der Waals surface area contributed by atoms with Crippen molar-refractivity contribution < 1.29 is 9.90 Å². The monoisotopic (exact) mass is 263 g/mol. The average molecular weight is 263 g/mol. The van der Waals surface area contributed by atoms with E-state index < -0.39 is 11.5 Å². The van der Waals surface area contributed by atoms with Crippen LogP contribution in [-0.2, 0) is 4.79 Å². The van der Waals surface area contributed by atoms with Gasteiger partial charge in [0.25, 0.3) is 0 Å². The van der Waals surface area contributed by atoms with Crippen LogP contribution in [0.4, 0.5) is 5.69 Å². The average Bonchev–Trinajstić information content (AvgIpc) is 2.82. The van der Waals surface area contributed by atoms with Crippen LogP contribution in [0.15, 0.2) is 18.3 Å². The predicted octanol–water partition coefficient (Wildman–Crippen LogP) is 1.23. The van der Waals surface area contributed by atoms with E-state index in [1.54, 1.807) is 6.20 Å². The van der Waals surface area contributed by atoms with Crippen LogP contribution < -0.4 is 10.6 Å². The number of aliphatic hydroxyl groups is 1. The third kappa shape index (κ3) is 2.71. The van der Waals surface area contributed by atoms with Gasteiger partial charge in [-0.15, -0.1) is 0 Å². The molecule has 1 aromatic heterocycles. The van der Waals surface area contributed by atoms with E-state index in [9.17, 15) is 9.90 Å². The standard InChI is InChI=1S/C14H21N3O2/c1-3-12(18)11-5-4-10(8-16-11)17-7-6-14(2,9-17)13(15)19/h4-5,8,12,18H,3,6-7,9H2,1-2H3,(H2,15,19). The fraction of sp³-hybridized carbons (Fsp3) is 0.571. The zero-order chi connectivity index (χ0) is 14.0. The molecule has 2 heterocycles. The molecule has 1 aliphatic heterocycles. The quantitative estimate of drug-likeness (QED) is 0.856. The Morgan fingerprint density at radius 3 is 2.84 bits per heavy atom. The van der Waals surface area contributed by atoms with Gasteiger partial charge in [0.2, 0.25) is 5.91 Å². The summed E-state index contributed by atoms with van der Waals surface area (Å²) in [5, 5.41) is 9.70. The van der Waals surface area contributed by atoms with Gasteiger partial charge < -0.3 is 15.7 Å². The molecule has 0 radical (unpaired) electrons. The normalized spacial score (nSPS) is 24.5. The number of hydrogen-bond donors (Lipinski definition) is 2. The van der Waals surface area contributed by atoms with Gasteiger partial charge in [-0.3, -0.25) is 9.78 Å². The van der Waals surface area contributed by atoms with E-state index in [2.05, 4.69) is 9.88 Å². The number of aromatic nitrogens is 1. The lowest BCUT2D eigenvalue weighted by atomic mass is 9.89. The molecule has 2 rings (SSSR count). The second kappa shape index (κ2) is 5.17. The minimum Gasteiger partial charge on any atom is -0.387 e. The van der Waals surface area contributed by atoms with E-state index in [-0.39, 0.29) is 5.91 Å². The Morgan fingerprint density at radius 1 is 1.63 bits per heavy atom. The molecule has 0 aliphatic carbocycles. The van der Waals surface area contributed by atoms with E-state index in [0.29, 0.717) is 18.7 Å². The number of amides is 1. The third-order valence-corrected chi connectivity index (χ3v) is 3.93. The molecule has 0 saturated carbocycles. The number of hydrogen-bond acceptors (Lipinski definition) is 4. The van der Waals surface area contributed by atoms with Gasteiger partial charge in [0.05, 0.1) is 29.1 Å². The topological polar surface area (TPSA) is 79.5 Å². The van der Waals surface area contributed by atoms with Crippen molar-refractivity contribution >= 4 is 11.6 Å². The van der Waals surface area contributed by atoms with Crippen LogP contribution in [0.3, 0.4) is 0 Å². The van der Waals surface area contributed by atoms with Crippen molar-refractivity contribution in [3.8, 4) is 0 Å². The molecule has 2 atom stereocenters. The number of primary amides is 1. The summed E-state index contributed by atoms with van der Waals surface area (Å²) < 4.78 is 0. The SMILES string of the molecule is CCC(O)c1ccc(N2CCC(C)(C(N)=O)C2)cn1. The molecule has 0 spiro atoms. The van der Waals surface area contributed by atoms with Crippen LogP contribution in [0.2, 0.25) is 0 Å². The van der Waals surface area contributed by atoms with Gasteiger partial charge in [-0.25, -0.2) is 0 Å². The number of carbonyl (C=O) groups is 1. The summed E-state index contributed by atoms with van der Waals surface area (Å²) in [6, 6.07) is 3.78. The number of pyridine rings is 1. The summed E-state index contributed by atoms with van der Waals surface area (Å²) in [6.07, 6.45) is 2.65. The Hall–Kier alpha value is -1.62. The molecule has 5 nitrogen and oxygen atoms in total. The van der Waals surface area contributed by atoms with Gasteiger partial charge in [0.15, 0.2) is 0 Å². The van der Waals surface area contributed by atoms with Crippen molar-refractivity contribution in [3.05, 3.63) is 24.0 Å². The molecule has 5 heteroatoms. The summed E-state index contributed by atoms with van der Waals surface area (Å²) in [6.45, 7) is 5.24. The highest BCUT2D eigenvalue weighted by Gasteiger charge is 2.38. The molecule has 1 saturated heterocycles. The maximum absolute atomic E-state index is 11.4. The van der Waals surface area contributed by atoms with E-state index in [4.69, 9.17) is 5.73 Å². The molecular weight excluding hydrogens is 242 g/mol. The van der Waals surface area contributed by atoms with Crippen molar-refractivity contribution in [2.45, 2.75) is 32.8 Å². The van der Waals surface area contributed by atoms with Crippen LogP contribution in [0.25, 0.3) is 0 Å². The van der Waals surface area contributed by atoms with Gasteiger partial charge in [-0.1, -0.05) is 6.92 Å². The maximum atomic E-state index is 11.4. The lowest BCUT2D eigenvalue weighted by molar-refractivity contribution is -0.125. The van der Waals surface area contributed by atoms with Crippen molar-refractivity contribution in [2.75, 3.05) is 18.0 Å². The van der Waals surface area contributed by atoms with Crippen LogP contribution in [0.5, 0.6) is 0 Å². The van der Waals surface area contributed by atoms with Gasteiger partial charge >= 0.3 is 0 Å². The predicted molar refractivity (Wildman–Crippen MR) is 73.6 cm³/mol. The third-order valence-electron chi connectivity index (χ3n) is 3.93. The molecule has 104 valence electrons. The molecule has 1 fully saturated rings. The minimum absolute atomic E-state index is 0.249. The van der Waals surface area contributed by atoms with Gasteiger partial charge in [0, 0.05) is 13.1 Å². The number of carbonyl (C=O) groups excluding carboxylic acids is 1. The molecular formula is C14H21N3O2. The van der Waals surface area contributed by atoms with Crippen molar-refractivity contribution in [1.82, 2.24) is 4.98 Å². The molecule has 0 bridgehead atoms. The second-order valence-corrected chi connectivity index (χ2v) is 5.46. The molecule has 3 N–H and O–H groups in total. The van der Waals surface area contributed by atoms with Crippen LogP contribution in [0.1, 0.15) is 38.5 Å². The first-order valence-electron chi connectivity index (χ1n) is 6.65. The van der Waals surface area contributed by atoms with E-state index in [0.717, 1.165) is 18.7 Å². The molecule has 1 aliphatic rings. The summed E-state index contributed by atoms with van der Waals surface area (Å²) in [7, 11) is 0. The Balaban J connectivity index is 2.10. The smallest absolute Gasteiger partial charge is 0.225 e. The Labute approximate surface area is 113 Å². The van der Waals surface area contributed by atoms with Gasteiger partial charge in [0.1, 0.15) is 0 Å². The lowest BCUT2D eigenvalue weighted by Gasteiger charge is -2.22. The first kappa shape index (κ1) is 13.8. The van der Waals surface area contributed by atoms with Gasteiger partial charge in [-0.2, -0.15) is 0 Å². The van der Waals surface area contributed by atoms with Crippen LogP contribution in [0, 0.1) is 5.41 Å². The lowest BCUT2D eigenvalue weighted by Crippen LogP contribution is -2.37. The highest BCUT2D eigenvalue weighted by atomic mass is 16.3. The zero-order valence-corrected chi connectivity index (χ0v) is 11.5. The summed E-state index contributed by atoms with van der Waals surface area (Å²) in [5.74, 6) is -0.249. The summed E-state index contributed by atoms with van der Waals surface area (Å²) >= 11 is 0. The van der Waals surface area contributed by atoms with Gasteiger partial charge in [-0.05, 0) is 31.9 Å².